The number of fused-ring (bicyclic) bond motifs is 1. The van der Waals surface area contributed by atoms with E-state index in [1.807, 2.05) is 23.8 Å². The van der Waals surface area contributed by atoms with Crippen LogP contribution in [0.15, 0.2) is 18.6 Å². The van der Waals surface area contributed by atoms with Crippen LogP contribution >= 0.6 is 0 Å². The number of anilines is 1. The summed E-state index contributed by atoms with van der Waals surface area (Å²) < 4.78 is 7.72. The molecule has 0 unspecified atom stereocenters. The van der Waals surface area contributed by atoms with Crippen molar-refractivity contribution in [2.24, 2.45) is 0 Å². The molecule has 0 amide bonds. The van der Waals surface area contributed by atoms with E-state index in [1.165, 1.54) is 32.1 Å². The van der Waals surface area contributed by atoms with E-state index >= 15 is 0 Å². The van der Waals surface area contributed by atoms with Crippen molar-refractivity contribution in [1.29, 1.82) is 0 Å². The number of ether oxygens (including phenoxy) is 1. The molecule has 20 heavy (non-hydrogen) atoms. The van der Waals surface area contributed by atoms with Crippen LogP contribution in [0.3, 0.4) is 0 Å². The highest BCUT2D eigenvalue weighted by atomic mass is 16.5. The Balaban J connectivity index is 1.84. The highest BCUT2D eigenvalue weighted by molar-refractivity contribution is 5.53. The van der Waals surface area contributed by atoms with Crippen LogP contribution in [0.4, 0.5) is 5.82 Å². The lowest BCUT2D eigenvalue weighted by molar-refractivity contribution is 0.295. The van der Waals surface area contributed by atoms with Gasteiger partial charge in [0.1, 0.15) is 5.82 Å². The van der Waals surface area contributed by atoms with Crippen molar-refractivity contribution >= 4 is 11.5 Å². The molecule has 2 aromatic rings. The van der Waals surface area contributed by atoms with E-state index in [0.29, 0.717) is 12.5 Å². The van der Waals surface area contributed by atoms with Crippen molar-refractivity contribution in [3.8, 4) is 5.88 Å². The van der Waals surface area contributed by atoms with Crippen molar-refractivity contribution in [3.63, 3.8) is 0 Å². The van der Waals surface area contributed by atoms with Crippen molar-refractivity contribution < 1.29 is 4.74 Å². The highest BCUT2D eigenvalue weighted by Gasteiger charge is 2.07. The Morgan fingerprint density at radius 2 is 2.00 bits per heavy atom. The number of nitrogens with one attached hydrogen (secondary N) is 1. The van der Waals surface area contributed by atoms with Gasteiger partial charge in [0.15, 0.2) is 0 Å². The molecule has 5 nitrogen and oxygen atoms in total. The summed E-state index contributed by atoms with van der Waals surface area (Å²) in [6.45, 7) is 2.94. The smallest absolute Gasteiger partial charge is 0.260 e. The molecule has 0 aliphatic heterocycles. The van der Waals surface area contributed by atoms with Crippen molar-refractivity contribution in [1.82, 2.24) is 14.4 Å². The van der Waals surface area contributed by atoms with E-state index in [0.717, 1.165) is 17.9 Å². The maximum Gasteiger partial charge on any atom is 0.260 e. The molecule has 0 fully saturated rings. The fourth-order valence-electron chi connectivity index (χ4n) is 2.17. The minimum Gasteiger partial charge on any atom is -0.475 e. The molecule has 0 bridgehead atoms. The lowest BCUT2D eigenvalue weighted by atomic mass is 10.1. The molecule has 2 rings (SSSR count). The number of nitrogens with zero attached hydrogens (tertiary/aromatic N) is 3. The summed E-state index contributed by atoms with van der Waals surface area (Å²) in [6, 6.07) is 0. The van der Waals surface area contributed by atoms with E-state index in [4.69, 9.17) is 4.74 Å². The van der Waals surface area contributed by atoms with E-state index < -0.39 is 0 Å². The van der Waals surface area contributed by atoms with E-state index in [2.05, 4.69) is 22.2 Å². The van der Waals surface area contributed by atoms with Gasteiger partial charge in [0.2, 0.25) is 5.65 Å². The van der Waals surface area contributed by atoms with Gasteiger partial charge in [-0.05, 0) is 6.42 Å². The second-order valence-corrected chi connectivity index (χ2v) is 4.96. The fourth-order valence-corrected chi connectivity index (χ4v) is 2.17. The topological polar surface area (TPSA) is 51.5 Å². The summed E-state index contributed by atoms with van der Waals surface area (Å²) >= 11 is 0. The number of aromatic nitrogens is 3. The first-order valence-electron chi connectivity index (χ1n) is 7.49. The summed E-state index contributed by atoms with van der Waals surface area (Å²) in [5.74, 6) is 1.39. The highest BCUT2D eigenvalue weighted by Crippen LogP contribution is 2.18. The molecule has 1 N–H and O–H groups in total. The van der Waals surface area contributed by atoms with Crippen LogP contribution in [-0.4, -0.2) is 28.0 Å². The predicted molar refractivity (Wildman–Crippen MR) is 81.4 cm³/mol. The first kappa shape index (κ1) is 14.6. The molecule has 0 saturated carbocycles. The maximum absolute atomic E-state index is 5.79. The zero-order valence-corrected chi connectivity index (χ0v) is 12.4. The Labute approximate surface area is 120 Å². The first-order valence-corrected chi connectivity index (χ1v) is 7.49. The zero-order valence-electron chi connectivity index (χ0n) is 12.4. The van der Waals surface area contributed by atoms with Crippen molar-refractivity contribution in [2.75, 3.05) is 19.0 Å². The van der Waals surface area contributed by atoms with Gasteiger partial charge in [-0.3, -0.25) is 4.40 Å². The van der Waals surface area contributed by atoms with E-state index in [9.17, 15) is 0 Å². The summed E-state index contributed by atoms with van der Waals surface area (Å²) in [4.78, 5) is 8.70. The average Bonchev–Trinajstić information content (AvgIpc) is 2.94. The van der Waals surface area contributed by atoms with Gasteiger partial charge in [0.05, 0.1) is 12.8 Å². The van der Waals surface area contributed by atoms with Crippen LogP contribution in [0.25, 0.3) is 5.65 Å². The van der Waals surface area contributed by atoms with Gasteiger partial charge in [-0.15, -0.1) is 0 Å². The SMILES string of the molecule is CCCCCCCCOc1nc(NC)cn2ccnc12. The van der Waals surface area contributed by atoms with E-state index in [-0.39, 0.29) is 0 Å². The molecule has 2 aromatic heterocycles. The Bertz CT molecular complexity index is 524. The molecule has 0 aliphatic rings. The Hall–Kier alpha value is -1.78. The summed E-state index contributed by atoms with van der Waals surface area (Å²) in [5.41, 5.74) is 0.773. The van der Waals surface area contributed by atoms with Crippen LogP contribution in [0.2, 0.25) is 0 Å². The number of hydrogen-bond donors (Lipinski definition) is 1. The molecule has 0 spiro atoms. The van der Waals surface area contributed by atoms with Gasteiger partial charge >= 0.3 is 0 Å². The number of imidazole rings is 1. The summed E-state index contributed by atoms with van der Waals surface area (Å²) in [7, 11) is 1.85. The molecule has 2 heterocycles. The van der Waals surface area contributed by atoms with Gasteiger partial charge in [-0.25, -0.2) is 4.98 Å². The minimum atomic E-state index is 0.607. The minimum absolute atomic E-state index is 0.607. The normalized spacial score (nSPS) is 10.9. The maximum atomic E-state index is 5.79. The second-order valence-electron chi connectivity index (χ2n) is 4.96. The quantitative estimate of drug-likeness (QED) is 0.712. The molecular weight excluding hydrogens is 252 g/mol. The zero-order chi connectivity index (χ0) is 14.2. The van der Waals surface area contributed by atoms with Gasteiger partial charge in [0.25, 0.3) is 5.88 Å². The van der Waals surface area contributed by atoms with Gasteiger partial charge < -0.3 is 10.1 Å². The largest absolute Gasteiger partial charge is 0.475 e. The molecule has 0 radical (unpaired) electrons. The third kappa shape index (κ3) is 3.85. The van der Waals surface area contributed by atoms with Crippen molar-refractivity contribution in [3.05, 3.63) is 18.6 Å². The van der Waals surface area contributed by atoms with Crippen LogP contribution in [0.1, 0.15) is 45.4 Å². The first-order chi connectivity index (χ1) is 9.85. The summed E-state index contributed by atoms with van der Waals surface area (Å²) in [5, 5.41) is 3.03. The fraction of sp³-hybridized carbons (Fsp3) is 0.600. The Morgan fingerprint density at radius 1 is 1.20 bits per heavy atom. The van der Waals surface area contributed by atoms with Gasteiger partial charge in [-0.2, -0.15) is 4.98 Å². The molecule has 0 saturated heterocycles. The lowest BCUT2D eigenvalue weighted by Gasteiger charge is -2.08. The van der Waals surface area contributed by atoms with Crippen LogP contribution in [0, 0.1) is 0 Å². The number of unbranched alkanes of at least 4 members (excludes halogenated alkanes) is 5. The third-order valence-electron chi connectivity index (χ3n) is 3.34. The predicted octanol–water partition coefficient (Wildman–Crippen LogP) is 3.51. The average molecular weight is 276 g/mol. The number of hydrogen-bond acceptors (Lipinski definition) is 4. The van der Waals surface area contributed by atoms with Crippen LogP contribution in [-0.2, 0) is 0 Å². The Morgan fingerprint density at radius 3 is 2.80 bits per heavy atom. The second kappa shape index (κ2) is 7.72. The van der Waals surface area contributed by atoms with Crippen LogP contribution < -0.4 is 10.1 Å². The summed E-state index contributed by atoms with van der Waals surface area (Å²) in [6.07, 6.45) is 13.1. The third-order valence-corrected chi connectivity index (χ3v) is 3.34. The molecule has 0 aromatic carbocycles. The molecule has 5 heteroatoms. The molecule has 0 aliphatic carbocycles. The molecule has 110 valence electrons. The molecular formula is C15H24N4O. The molecule has 0 atom stereocenters. The van der Waals surface area contributed by atoms with Gasteiger partial charge in [0, 0.05) is 19.4 Å². The van der Waals surface area contributed by atoms with Crippen LogP contribution in [0.5, 0.6) is 5.88 Å². The van der Waals surface area contributed by atoms with E-state index in [1.54, 1.807) is 6.20 Å². The lowest BCUT2D eigenvalue weighted by Crippen LogP contribution is -2.04. The Kier molecular flexibility index (Phi) is 5.65. The van der Waals surface area contributed by atoms with Crippen molar-refractivity contribution in [2.45, 2.75) is 45.4 Å². The monoisotopic (exact) mass is 276 g/mol. The number of rotatable bonds is 9. The van der Waals surface area contributed by atoms with Gasteiger partial charge in [-0.1, -0.05) is 39.0 Å². The standard InChI is InChI=1S/C15H24N4O/c1-3-4-5-6-7-8-11-20-15-14-17-9-10-19(14)12-13(16-2)18-15/h9-10,12,16H,3-8,11H2,1-2H3.